The van der Waals surface area contributed by atoms with Crippen LogP contribution in [0.2, 0.25) is 5.02 Å². The third-order valence-corrected chi connectivity index (χ3v) is 4.36. The molecule has 1 fully saturated rings. The predicted molar refractivity (Wildman–Crippen MR) is 75.9 cm³/mol. The van der Waals surface area contributed by atoms with Crippen molar-refractivity contribution in [2.75, 3.05) is 6.54 Å². The number of fused-ring (bicyclic) bond motifs is 1. The average molecular weight is 296 g/mol. The van der Waals surface area contributed by atoms with Gasteiger partial charge in [0, 0.05) is 23.6 Å². The van der Waals surface area contributed by atoms with Gasteiger partial charge in [-0.3, -0.25) is 4.79 Å². The number of aliphatic hydroxyl groups is 1. The number of ether oxygens (including phenoxy) is 1. The Labute approximate surface area is 123 Å². The molecule has 2 heterocycles. The quantitative estimate of drug-likeness (QED) is 0.866. The molecule has 2 atom stereocenters. The summed E-state index contributed by atoms with van der Waals surface area (Å²) in [6.45, 7) is 4.34. The maximum Gasteiger partial charge on any atom is 0.223 e. The Morgan fingerprint density at radius 1 is 1.45 bits per heavy atom. The molecule has 1 aromatic rings. The zero-order valence-corrected chi connectivity index (χ0v) is 12.4. The smallest absolute Gasteiger partial charge is 0.223 e. The summed E-state index contributed by atoms with van der Waals surface area (Å²) in [4.78, 5) is 13.8. The number of halogens is 1. The number of benzene rings is 1. The third-order valence-electron chi connectivity index (χ3n) is 4.12. The first kappa shape index (κ1) is 13.7. The van der Waals surface area contributed by atoms with Crippen LogP contribution in [0.4, 0.5) is 0 Å². The van der Waals surface area contributed by atoms with Crippen LogP contribution in [-0.2, 0) is 4.79 Å². The zero-order valence-electron chi connectivity index (χ0n) is 11.6. The molecule has 1 aromatic carbocycles. The molecule has 1 unspecified atom stereocenters. The van der Waals surface area contributed by atoms with E-state index in [0.717, 1.165) is 12.0 Å². The molecule has 2 aliphatic rings. The fraction of sp³-hybridized carbons (Fsp3) is 0.533. The van der Waals surface area contributed by atoms with Gasteiger partial charge in [-0.2, -0.15) is 0 Å². The zero-order chi connectivity index (χ0) is 14.5. The first-order chi connectivity index (χ1) is 9.40. The first-order valence-electron chi connectivity index (χ1n) is 6.86. The lowest BCUT2D eigenvalue weighted by Crippen LogP contribution is -2.53. The SMILES string of the molecule is CC1(C)Oc2ccc(Cl)cc2C(N2CCCC2=O)[C@@H]1O. The Bertz CT molecular complexity index is 558. The van der Waals surface area contributed by atoms with Crippen LogP contribution in [0.25, 0.3) is 0 Å². The van der Waals surface area contributed by atoms with Gasteiger partial charge in [-0.15, -0.1) is 0 Å². The number of amides is 1. The van der Waals surface area contributed by atoms with Gasteiger partial charge in [0.1, 0.15) is 17.5 Å². The molecule has 0 spiro atoms. The average Bonchev–Trinajstić information content (AvgIpc) is 2.78. The number of nitrogens with zero attached hydrogens (tertiary/aromatic N) is 1. The van der Waals surface area contributed by atoms with E-state index in [2.05, 4.69) is 0 Å². The Morgan fingerprint density at radius 2 is 2.20 bits per heavy atom. The lowest BCUT2D eigenvalue weighted by Gasteiger charge is -2.45. The van der Waals surface area contributed by atoms with Gasteiger partial charge in [0.2, 0.25) is 5.91 Å². The molecule has 108 valence electrons. The molecule has 0 aliphatic carbocycles. The van der Waals surface area contributed by atoms with E-state index in [1.165, 1.54) is 0 Å². The van der Waals surface area contributed by atoms with Gasteiger partial charge in [-0.25, -0.2) is 0 Å². The highest BCUT2D eigenvalue weighted by Crippen LogP contribution is 2.44. The summed E-state index contributed by atoms with van der Waals surface area (Å²) in [6.07, 6.45) is 0.593. The molecule has 2 aliphatic heterocycles. The lowest BCUT2D eigenvalue weighted by molar-refractivity contribution is -0.139. The van der Waals surface area contributed by atoms with E-state index in [9.17, 15) is 9.90 Å². The van der Waals surface area contributed by atoms with Gasteiger partial charge >= 0.3 is 0 Å². The molecule has 5 heteroatoms. The minimum absolute atomic E-state index is 0.0812. The van der Waals surface area contributed by atoms with Crippen molar-refractivity contribution in [3.05, 3.63) is 28.8 Å². The molecule has 1 saturated heterocycles. The summed E-state index contributed by atoms with van der Waals surface area (Å²) in [5.41, 5.74) is 0.0496. The molecule has 3 rings (SSSR count). The highest BCUT2D eigenvalue weighted by atomic mass is 35.5. The van der Waals surface area contributed by atoms with E-state index < -0.39 is 11.7 Å². The Morgan fingerprint density at radius 3 is 2.85 bits per heavy atom. The molecule has 1 N–H and O–H groups in total. The van der Waals surface area contributed by atoms with Gasteiger partial charge in [0.25, 0.3) is 0 Å². The number of likely N-dealkylation sites (tertiary alicyclic amines) is 1. The molecule has 0 radical (unpaired) electrons. The first-order valence-corrected chi connectivity index (χ1v) is 7.24. The van der Waals surface area contributed by atoms with Crippen LogP contribution < -0.4 is 4.74 Å². The number of carbonyl (C=O) groups is 1. The Hall–Kier alpha value is -1.26. The van der Waals surface area contributed by atoms with Gasteiger partial charge in [-0.05, 0) is 38.5 Å². The second kappa shape index (κ2) is 4.64. The largest absolute Gasteiger partial charge is 0.485 e. The highest BCUT2D eigenvalue weighted by Gasteiger charge is 2.47. The number of rotatable bonds is 1. The van der Waals surface area contributed by atoms with Crippen LogP contribution in [0, 0.1) is 0 Å². The van der Waals surface area contributed by atoms with Crippen LogP contribution in [-0.4, -0.2) is 34.2 Å². The number of hydrogen-bond acceptors (Lipinski definition) is 3. The van der Waals surface area contributed by atoms with Gasteiger partial charge in [0.15, 0.2) is 0 Å². The van der Waals surface area contributed by atoms with Crippen LogP contribution in [0.15, 0.2) is 18.2 Å². The highest BCUT2D eigenvalue weighted by molar-refractivity contribution is 6.30. The van der Waals surface area contributed by atoms with E-state index in [1.54, 1.807) is 23.1 Å². The second-order valence-corrected chi connectivity index (χ2v) is 6.40. The van der Waals surface area contributed by atoms with Crippen molar-refractivity contribution in [2.24, 2.45) is 0 Å². The molecular weight excluding hydrogens is 278 g/mol. The van der Waals surface area contributed by atoms with Crippen molar-refractivity contribution in [3.8, 4) is 5.75 Å². The minimum atomic E-state index is -0.782. The lowest BCUT2D eigenvalue weighted by atomic mass is 9.85. The van der Waals surface area contributed by atoms with Gasteiger partial charge in [-0.1, -0.05) is 11.6 Å². The topological polar surface area (TPSA) is 49.8 Å². The molecule has 20 heavy (non-hydrogen) atoms. The monoisotopic (exact) mass is 295 g/mol. The fourth-order valence-corrected chi connectivity index (χ4v) is 3.22. The van der Waals surface area contributed by atoms with Crippen LogP contribution in [0.1, 0.15) is 38.3 Å². The Balaban J connectivity index is 2.10. The summed E-state index contributed by atoms with van der Waals surface area (Å²) in [7, 11) is 0. The minimum Gasteiger partial charge on any atom is -0.485 e. The van der Waals surface area contributed by atoms with Gasteiger partial charge in [0.05, 0.1) is 6.04 Å². The normalized spacial score (nSPS) is 28.2. The maximum atomic E-state index is 12.1. The summed E-state index contributed by atoms with van der Waals surface area (Å²) in [5, 5.41) is 11.2. The molecule has 0 bridgehead atoms. The summed E-state index contributed by atoms with van der Waals surface area (Å²) < 4.78 is 5.86. The number of carbonyl (C=O) groups excluding carboxylic acids is 1. The van der Waals surface area contributed by atoms with Crippen molar-refractivity contribution in [1.29, 1.82) is 0 Å². The van der Waals surface area contributed by atoms with Gasteiger partial charge < -0.3 is 14.7 Å². The van der Waals surface area contributed by atoms with E-state index >= 15 is 0 Å². The molecular formula is C15H18ClNO3. The van der Waals surface area contributed by atoms with Crippen molar-refractivity contribution in [2.45, 2.75) is 44.4 Å². The molecule has 1 amide bonds. The standard InChI is InChI=1S/C15H18ClNO3/c1-15(2)14(19)13(17-7-3-4-12(17)18)10-8-9(16)5-6-11(10)20-15/h5-6,8,13-14,19H,3-4,7H2,1-2H3/t13?,14-/m0/s1. The van der Waals surface area contributed by atoms with E-state index in [0.29, 0.717) is 23.7 Å². The van der Waals surface area contributed by atoms with Crippen molar-refractivity contribution in [3.63, 3.8) is 0 Å². The van der Waals surface area contributed by atoms with E-state index in [4.69, 9.17) is 16.3 Å². The molecule has 0 saturated carbocycles. The third kappa shape index (κ3) is 2.07. The van der Waals surface area contributed by atoms with E-state index in [1.807, 2.05) is 13.8 Å². The molecule has 4 nitrogen and oxygen atoms in total. The number of hydrogen-bond donors (Lipinski definition) is 1. The maximum absolute atomic E-state index is 12.1. The summed E-state index contributed by atoms with van der Waals surface area (Å²) in [5.74, 6) is 0.770. The predicted octanol–water partition coefficient (Wildman–Crippen LogP) is 2.54. The second-order valence-electron chi connectivity index (χ2n) is 5.97. The van der Waals surface area contributed by atoms with Crippen LogP contribution in [0.5, 0.6) is 5.75 Å². The summed E-state index contributed by atoms with van der Waals surface area (Å²) >= 11 is 6.06. The van der Waals surface area contributed by atoms with Crippen molar-refractivity contribution < 1.29 is 14.6 Å². The van der Waals surface area contributed by atoms with Crippen molar-refractivity contribution >= 4 is 17.5 Å². The number of aliphatic hydroxyl groups excluding tert-OH is 1. The molecule has 0 aromatic heterocycles. The summed E-state index contributed by atoms with van der Waals surface area (Å²) in [6, 6.07) is 4.96. The van der Waals surface area contributed by atoms with E-state index in [-0.39, 0.29) is 11.9 Å². The van der Waals surface area contributed by atoms with Crippen molar-refractivity contribution in [1.82, 2.24) is 4.90 Å². The fourth-order valence-electron chi connectivity index (χ4n) is 3.04. The van der Waals surface area contributed by atoms with Crippen LogP contribution >= 0.6 is 11.6 Å². The Kier molecular flexibility index (Phi) is 3.18. The van der Waals surface area contributed by atoms with Crippen LogP contribution in [0.3, 0.4) is 0 Å².